The predicted molar refractivity (Wildman–Crippen MR) is 89.2 cm³/mol. The number of ketones is 1. The SMILES string of the molecule is CC(=O)C1(C)c2cc(Br)ccc2-c2c(C)cc(Br)cc21. The van der Waals surface area contributed by atoms with Gasteiger partial charge in [0.05, 0.1) is 5.41 Å². The molecule has 1 aliphatic carbocycles. The van der Waals surface area contributed by atoms with Gasteiger partial charge in [-0.15, -0.1) is 0 Å². The maximum Gasteiger partial charge on any atom is 0.144 e. The van der Waals surface area contributed by atoms with Crippen molar-refractivity contribution >= 4 is 37.6 Å². The number of carbonyl (C=O) groups is 1. The molecule has 3 rings (SSSR count). The first kappa shape index (κ1) is 14.0. The Balaban J connectivity index is 2.47. The molecule has 0 radical (unpaired) electrons. The van der Waals surface area contributed by atoms with E-state index < -0.39 is 5.41 Å². The van der Waals surface area contributed by atoms with Crippen LogP contribution in [-0.4, -0.2) is 5.78 Å². The van der Waals surface area contributed by atoms with Crippen molar-refractivity contribution in [2.24, 2.45) is 0 Å². The van der Waals surface area contributed by atoms with Crippen molar-refractivity contribution in [1.82, 2.24) is 0 Å². The maximum atomic E-state index is 12.4. The van der Waals surface area contributed by atoms with Crippen molar-refractivity contribution in [3.8, 4) is 11.1 Å². The molecule has 102 valence electrons. The van der Waals surface area contributed by atoms with Crippen LogP contribution in [0.4, 0.5) is 0 Å². The van der Waals surface area contributed by atoms with E-state index in [1.54, 1.807) is 6.92 Å². The van der Waals surface area contributed by atoms with Crippen LogP contribution in [0.25, 0.3) is 11.1 Å². The fourth-order valence-electron chi connectivity index (χ4n) is 3.17. The number of Topliss-reactive ketones (excluding diaryl/α,β-unsaturated/α-hetero) is 1. The minimum absolute atomic E-state index is 0.174. The largest absolute Gasteiger partial charge is 0.299 e. The Kier molecular flexibility index (Phi) is 3.18. The molecule has 1 atom stereocenters. The molecule has 0 heterocycles. The van der Waals surface area contributed by atoms with Crippen LogP contribution in [-0.2, 0) is 10.2 Å². The fraction of sp³-hybridized carbons (Fsp3) is 0.235. The zero-order chi connectivity index (χ0) is 14.7. The number of aryl methyl sites for hydroxylation is 1. The van der Waals surface area contributed by atoms with Crippen LogP contribution in [0, 0.1) is 6.92 Å². The Morgan fingerprint density at radius 1 is 1.05 bits per heavy atom. The highest BCUT2D eigenvalue weighted by atomic mass is 79.9. The summed E-state index contributed by atoms with van der Waals surface area (Å²) in [4.78, 5) is 12.4. The van der Waals surface area contributed by atoms with Gasteiger partial charge in [-0.1, -0.05) is 37.9 Å². The summed E-state index contributed by atoms with van der Waals surface area (Å²) in [6.07, 6.45) is 0. The van der Waals surface area contributed by atoms with Gasteiger partial charge in [0.2, 0.25) is 0 Å². The maximum absolute atomic E-state index is 12.4. The van der Waals surface area contributed by atoms with Gasteiger partial charge >= 0.3 is 0 Å². The number of hydrogen-bond donors (Lipinski definition) is 0. The van der Waals surface area contributed by atoms with Gasteiger partial charge < -0.3 is 0 Å². The van der Waals surface area contributed by atoms with Crippen LogP contribution in [0.15, 0.2) is 39.3 Å². The fourth-order valence-corrected chi connectivity index (χ4v) is 4.10. The molecular weight excluding hydrogens is 380 g/mol. The Morgan fingerprint density at radius 3 is 2.35 bits per heavy atom. The lowest BCUT2D eigenvalue weighted by Gasteiger charge is -2.24. The van der Waals surface area contributed by atoms with E-state index in [1.165, 1.54) is 16.7 Å². The third-order valence-corrected chi connectivity index (χ3v) is 5.28. The zero-order valence-corrected chi connectivity index (χ0v) is 14.7. The summed E-state index contributed by atoms with van der Waals surface area (Å²) in [5.74, 6) is 0.174. The van der Waals surface area contributed by atoms with E-state index in [-0.39, 0.29) is 5.78 Å². The van der Waals surface area contributed by atoms with E-state index in [0.29, 0.717) is 0 Å². The van der Waals surface area contributed by atoms with Crippen molar-refractivity contribution in [1.29, 1.82) is 0 Å². The Bertz CT molecular complexity index is 749. The number of halogens is 2. The second-order valence-electron chi connectivity index (χ2n) is 5.52. The topological polar surface area (TPSA) is 17.1 Å². The molecule has 0 saturated heterocycles. The number of fused-ring (bicyclic) bond motifs is 3. The van der Waals surface area contributed by atoms with E-state index in [0.717, 1.165) is 20.1 Å². The first-order valence-electron chi connectivity index (χ1n) is 6.47. The minimum atomic E-state index is -0.566. The molecule has 1 nitrogen and oxygen atoms in total. The van der Waals surface area contributed by atoms with E-state index >= 15 is 0 Å². The summed E-state index contributed by atoms with van der Waals surface area (Å²) >= 11 is 7.08. The summed E-state index contributed by atoms with van der Waals surface area (Å²) in [5.41, 5.74) is 5.20. The molecule has 0 bridgehead atoms. The van der Waals surface area contributed by atoms with E-state index in [4.69, 9.17) is 0 Å². The van der Waals surface area contributed by atoms with Gasteiger partial charge in [-0.2, -0.15) is 0 Å². The average Bonchev–Trinajstić information content (AvgIpc) is 2.61. The molecule has 1 unspecified atom stereocenters. The van der Waals surface area contributed by atoms with Crippen molar-refractivity contribution < 1.29 is 4.79 Å². The normalized spacial score (nSPS) is 19.6. The zero-order valence-electron chi connectivity index (χ0n) is 11.6. The molecular formula is C17H14Br2O. The predicted octanol–water partition coefficient (Wildman–Crippen LogP) is 5.40. The Labute approximate surface area is 135 Å². The summed E-state index contributed by atoms with van der Waals surface area (Å²) < 4.78 is 2.03. The van der Waals surface area contributed by atoms with Crippen LogP contribution < -0.4 is 0 Å². The lowest BCUT2D eigenvalue weighted by atomic mass is 9.77. The van der Waals surface area contributed by atoms with Crippen molar-refractivity contribution in [2.75, 3.05) is 0 Å². The molecule has 0 N–H and O–H groups in total. The van der Waals surface area contributed by atoms with Gasteiger partial charge in [-0.25, -0.2) is 0 Å². The lowest BCUT2D eigenvalue weighted by Crippen LogP contribution is -2.29. The summed E-state index contributed by atoms with van der Waals surface area (Å²) in [6, 6.07) is 10.4. The molecule has 0 amide bonds. The third-order valence-electron chi connectivity index (χ3n) is 4.33. The second kappa shape index (κ2) is 4.54. The molecule has 1 aliphatic rings. The molecule has 2 aromatic rings. The average molecular weight is 394 g/mol. The second-order valence-corrected chi connectivity index (χ2v) is 7.35. The highest BCUT2D eigenvalue weighted by molar-refractivity contribution is 9.10. The monoisotopic (exact) mass is 392 g/mol. The van der Waals surface area contributed by atoms with Gasteiger partial charge in [0.15, 0.2) is 0 Å². The van der Waals surface area contributed by atoms with Crippen LogP contribution in [0.2, 0.25) is 0 Å². The Morgan fingerprint density at radius 2 is 1.70 bits per heavy atom. The first-order chi connectivity index (χ1) is 9.35. The summed E-state index contributed by atoms with van der Waals surface area (Å²) in [5, 5.41) is 0. The number of hydrogen-bond acceptors (Lipinski definition) is 1. The third kappa shape index (κ3) is 1.76. The number of rotatable bonds is 1. The molecule has 20 heavy (non-hydrogen) atoms. The molecule has 0 aliphatic heterocycles. The highest BCUT2D eigenvalue weighted by Gasteiger charge is 2.43. The highest BCUT2D eigenvalue weighted by Crippen LogP contribution is 2.51. The van der Waals surface area contributed by atoms with E-state index in [2.05, 4.69) is 63.0 Å². The standard InChI is InChI=1S/C17H14Br2O/c1-9-6-12(19)8-15-16(9)13-5-4-11(18)7-14(13)17(15,3)10(2)20/h4-8H,1-3H3. The molecule has 3 heteroatoms. The van der Waals surface area contributed by atoms with Crippen LogP contribution in [0.5, 0.6) is 0 Å². The van der Waals surface area contributed by atoms with Crippen LogP contribution in [0.3, 0.4) is 0 Å². The van der Waals surface area contributed by atoms with Crippen molar-refractivity contribution in [2.45, 2.75) is 26.2 Å². The first-order valence-corrected chi connectivity index (χ1v) is 8.06. The van der Waals surface area contributed by atoms with Crippen LogP contribution in [0.1, 0.15) is 30.5 Å². The van der Waals surface area contributed by atoms with Crippen LogP contribution >= 0.6 is 31.9 Å². The van der Waals surface area contributed by atoms with Gasteiger partial charge in [0.25, 0.3) is 0 Å². The van der Waals surface area contributed by atoms with E-state index in [1.807, 2.05) is 13.0 Å². The molecule has 0 aromatic heterocycles. The van der Waals surface area contributed by atoms with Gasteiger partial charge in [-0.3, -0.25) is 4.79 Å². The van der Waals surface area contributed by atoms with Gasteiger partial charge in [0.1, 0.15) is 5.78 Å². The molecule has 0 fully saturated rings. The number of benzene rings is 2. The molecule has 0 spiro atoms. The quantitative estimate of drug-likeness (QED) is 0.634. The minimum Gasteiger partial charge on any atom is -0.299 e. The Hall–Kier alpha value is -0.930. The molecule has 0 saturated carbocycles. The van der Waals surface area contributed by atoms with Crippen molar-refractivity contribution in [3.05, 3.63) is 56.0 Å². The molecule has 2 aromatic carbocycles. The van der Waals surface area contributed by atoms with Crippen molar-refractivity contribution in [3.63, 3.8) is 0 Å². The smallest absolute Gasteiger partial charge is 0.144 e. The van der Waals surface area contributed by atoms with E-state index in [9.17, 15) is 4.79 Å². The van der Waals surface area contributed by atoms with Gasteiger partial charge in [0, 0.05) is 8.95 Å². The lowest BCUT2D eigenvalue weighted by molar-refractivity contribution is -0.120. The summed E-state index contributed by atoms with van der Waals surface area (Å²) in [6.45, 7) is 5.80. The number of carbonyl (C=O) groups excluding carboxylic acids is 1. The summed E-state index contributed by atoms with van der Waals surface area (Å²) in [7, 11) is 0. The van der Waals surface area contributed by atoms with Gasteiger partial charge in [-0.05, 0) is 72.9 Å².